The second-order valence-corrected chi connectivity index (χ2v) is 9.31. The van der Waals surface area contributed by atoms with Crippen LogP contribution in [0, 0.1) is 6.92 Å². The second-order valence-electron chi connectivity index (χ2n) is 7.47. The predicted molar refractivity (Wildman–Crippen MR) is 120 cm³/mol. The molecular formula is C22H28N4O3S. The molecule has 0 radical (unpaired) electrons. The number of amides is 1. The fourth-order valence-electron chi connectivity index (χ4n) is 3.66. The smallest absolute Gasteiger partial charge is 0.257 e. The lowest BCUT2D eigenvalue weighted by Gasteiger charge is -2.05. The third kappa shape index (κ3) is 4.64. The quantitative estimate of drug-likeness (QED) is 0.439. The predicted octanol–water partition coefficient (Wildman–Crippen LogP) is 3.54. The van der Waals surface area contributed by atoms with Crippen LogP contribution in [0.2, 0.25) is 0 Å². The summed E-state index contributed by atoms with van der Waals surface area (Å²) < 4.78 is 30.1. The highest BCUT2D eigenvalue weighted by Crippen LogP contribution is 2.33. The van der Waals surface area contributed by atoms with Crippen LogP contribution in [-0.4, -0.2) is 34.4 Å². The molecule has 1 N–H and O–H groups in total. The van der Waals surface area contributed by atoms with Gasteiger partial charge in [-0.25, -0.2) is 13.1 Å². The van der Waals surface area contributed by atoms with Crippen molar-refractivity contribution in [1.82, 2.24) is 19.1 Å². The van der Waals surface area contributed by atoms with E-state index in [2.05, 4.69) is 26.5 Å². The largest absolute Gasteiger partial charge is 0.350 e. The molecular weight excluding hydrogens is 400 g/mol. The zero-order valence-corrected chi connectivity index (χ0v) is 18.7. The number of para-hydroxylation sites is 1. The number of aromatic nitrogens is 3. The van der Waals surface area contributed by atoms with Crippen molar-refractivity contribution in [2.75, 3.05) is 5.75 Å². The van der Waals surface area contributed by atoms with Crippen molar-refractivity contribution in [1.29, 1.82) is 0 Å². The minimum absolute atomic E-state index is 0.0480. The molecule has 8 heteroatoms. The van der Waals surface area contributed by atoms with E-state index in [4.69, 9.17) is 0 Å². The maximum Gasteiger partial charge on any atom is 0.257 e. The summed E-state index contributed by atoms with van der Waals surface area (Å²) >= 11 is 0. The van der Waals surface area contributed by atoms with Crippen LogP contribution in [0.4, 0.5) is 0 Å². The van der Waals surface area contributed by atoms with Crippen molar-refractivity contribution >= 4 is 32.9 Å². The number of hydrogen-bond acceptors (Lipinski definition) is 4. The lowest BCUT2D eigenvalue weighted by molar-refractivity contribution is -0.114. The first-order valence-electron chi connectivity index (χ1n) is 10.0. The van der Waals surface area contributed by atoms with E-state index >= 15 is 0 Å². The zero-order valence-electron chi connectivity index (χ0n) is 17.8. The van der Waals surface area contributed by atoms with Gasteiger partial charge in [-0.2, -0.15) is 5.10 Å². The van der Waals surface area contributed by atoms with Gasteiger partial charge in [-0.1, -0.05) is 38.0 Å². The van der Waals surface area contributed by atoms with Crippen LogP contribution in [-0.2, 0) is 28.9 Å². The van der Waals surface area contributed by atoms with E-state index < -0.39 is 15.9 Å². The SMILES string of the molecule is CCCCCS(=O)(=O)NC(=O)/C=C/c1c(C)nn(C)c1-c1cn(C)c2ccccc12. The van der Waals surface area contributed by atoms with Gasteiger partial charge in [0.15, 0.2) is 0 Å². The highest BCUT2D eigenvalue weighted by Gasteiger charge is 2.18. The van der Waals surface area contributed by atoms with E-state index in [9.17, 15) is 13.2 Å². The fourth-order valence-corrected chi connectivity index (χ4v) is 4.72. The van der Waals surface area contributed by atoms with Gasteiger partial charge in [0.1, 0.15) is 0 Å². The molecule has 0 spiro atoms. The Balaban J connectivity index is 1.90. The maximum atomic E-state index is 12.2. The summed E-state index contributed by atoms with van der Waals surface area (Å²) in [6.45, 7) is 3.87. The molecule has 2 heterocycles. The second kappa shape index (κ2) is 8.87. The standard InChI is InChI=1S/C22H28N4O3S/c1-5-6-9-14-30(28,29)24-21(27)13-12-17-16(2)23-26(4)22(17)19-15-25(3)20-11-8-7-10-18(19)20/h7-8,10-13,15H,5-6,9,14H2,1-4H3,(H,24,27)/b13-12+. The molecule has 7 nitrogen and oxygen atoms in total. The first kappa shape index (κ1) is 21.8. The van der Waals surface area contributed by atoms with Crippen molar-refractivity contribution < 1.29 is 13.2 Å². The van der Waals surface area contributed by atoms with Crippen LogP contribution in [0.25, 0.3) is 28.2 Å². The number of nitrogens with one attached hydrogen (secondary N) is 1. The third-order valence-corrected chi connectivity index (χ3v) is 6.43. The van der Waals surface area contributed by atoms with Crippen LogP contribution in [0.3, 0.4) is 0 Å². The molecule has 0 saturated carbocycles. The first-order valence-corrected chi connectivity index (χ1v) is 11.7. The molecule has 0 aliphatic heterocycles. The molecule has 3 aromatic rings. The number of nitrogens with zero attached hydrogens (tertiary/aromatic N) is 3. The molecule has 0 bridgehead atoms. The number of fused-ring (bicyclic) bond motifs is 1. The van der Waals surface area contributed by atoms with Crippen LogP contribution < -0.4 is 4.72 Å². The lowest BCUT2D eigenvalue weighted by atomic mass is 10.0. The van der Waals surface area contributed by atoms with E-state index in [-0.39, 0.29) is 5.75 Å². The van der Waals surface area contributed by atoms with Crippen molar-refractivity contribution in [3.05, 3.63) is 47.8 Å². The summed E-state index contributed by atoms with van der Waals surface area (Å²) in [7, 11) is 0.223. The van der Waals surface area contributed by atoms with Crippen LogP contribution in [0.15, 0.2) is 36.5 Å². The van der Waals surface area contributed by atoms with E-state index in [0.717, 1.165) is 46.3 Å². The molecule has 2 aromatic heterocycles. The first-order chi connectivity index (χ1) is 14.2. The molecule has 0 fully saturated rings. The number of hydrogen-bond donors (Lipinski definition) is 1. The number of benzene rings is 1. The molecule has 1 aromatic carbocycles. The minimum Gasteiger partial charge on any atom is -0.350 e. The molecule has 0 aliphatic carbocycles. The Hall–Kier alpha value is -2.87. The molecule has 30 heavy (non-hydrogen) atoms. The number of sulfonamides is 1. The monoisotopic (exact) mass is 428 g/mol. The highest BCUT2D eigenvalue weighted by atomic mass is 32.2. The van der Waals surface area contributed by atoms with Crippen molar-refractivity contribution in [2.45, 2.75) is 33.1 Å². The summed E-state index contributed by atoms with van der Waals surface area (Å²) in [4.78, 5) is 12.2. The van der Waals surface area contributed by atoms with E-state index in [1.807, 2.05) is 46.3 Å². The topological polar surface area (TPSA) is 86.0 Å². The van der Waals surface area contributed by atoms with Crippen molar-refractivity contribution in [2.24, 2.45) is 14.1 Å². The van der Waals surface area contributed by atoms with Crippen molar-refractivity contribution in [3.8, 4) is 11.3 Å². The van der Waals surface area contributed by atoms with Gasteiger partial charge in [0.25, 0.3) is 5.91 Å². The Kier molecular flexibility index (Phi) is 6.45. The molecule has 0 saturated heterocycles. The Labute approximate surface area is 177 Å². The third-order valence-electron chi connectivity index (χ3n) is 5.09. The van der Waals surface area contributed by atoms with Crippen LogP contribution in [0.5, 0.6) is 0 Å². The summed E-state index contributed by atoms with van der Waals surface area (Å²) in [6.07, 6.45) is 7.20. The number of carbonyl (C=O) groups is 1. The summed E-state index contributed by atoms with van der Waals surface area (Å²) in [5.41, 5.74) is 4.52. The molecule has 0 atom stereocenters. The highest BCUT2D eigenvalue weighted by molar-refractivity contribution is 7.90. The van der Waals surface area contributed by atoms with Crippen molar-refractivity contribution in [3.63, 3.8) is 0 Å². The Bertz CT molecular complexity index is 1200. The fraction of sp³-hybridized carbons (Fsp3) is 0.364. The van der Waals surface area contributed by atoms with Gasteiger partial charge in [0, 0.05) is 48.4 Å². The average molecular weight is 429 g/mol. The average Bonchev–Trinajstić information content (AvgIpc) is 3.15. The zero-order chi connectivity index (χ0) is 21.9. The van der Waals surface area contributed by atoms with Gasteiger partial charge >= 0.3 is 0 Å². The van der Waals surface area contributed by atoms with Gasteiger partial charge in [-0.15, -0.1) is 0 Å². The molecule has 0 unspecified atom stereocenters. The van der Waals surface area contributed by atoms with Crippen LogP contribution in [0.1, 0.15) is 37.4 Å². The Morgan fingerprint density at radius 1 is 1.20 bits per heavy atom. The van der Waals surface area contributed by atoms with Gasteiger partial charge in [0.05, 0.1) is 17.1 Å². The van der Waals surface area contributed by atoms with E-state index in [0.29, 0.717) is 6.42 Å². The number of rotatable bonds is 8. The van der Waals surface area contributed by atoms with Gasteiger partial charge in [-0.3, -0.25) is 9.48 Å². The minimum atomic E-state index is -3.63. The normalized spacial score (nSPS) is 12.1. The molecule has 0 aliphatic rings. The molecule has 3 rings (SSSR count). The summed E-state index contributed by atoms with van der Waals surface area (Å²) in [6, 6.07) is 8.08. The number of aryl methyl sites for hydroxylation is 3. The van der Waals surface area contributed by atoms with Gasteiger partial charge < -0.3 is 4.57 Å². The summed E-state index contributed by atoms with van der Waals surface area (Å²) in [5.74, 6) is -0.702. The maximum absolute atomic E-state index is 12.2. The van der Waals surface area contributed by atoms with E-state index in [1.54, 1.807) is 10.8 Å². The summed E-state index contributed by atoms with van der Waals surface area (Å²) in [5, 5.41) is 5.60. The Morgan fingerprint density at radius 3 is 2.67 bits per heavy atom. The molecule has 160 valence electrons. The Morgan fingerprint density at radius 2 is 1.93 bits per heavy atom. The van der Waals surface area contributed by atoms with Gasteiger partial charge in [0.2, 0.25) is 10.0 Å². The van der Waals surface area contributed by atoms with Gasteiger partial charge in [-0.05, 0) is 25.5 Å². The van der Waals surface area contributed by atoms with E-state index in [1.165, 1.54) is 6.08 Å². The molecule has 1 amide bonds. The lowest BCUT2D eigenvalue weighted by Crippen LogP contribution is -2.31. The van der Waals surface area contributed by atoms with Crippen LogP contribution >= 0.6 is 0 Å². The number of carbonyl (C=O) groups excluding carboxylic acids is 1. The number of unbranched alkanes of at least 4 members (excludes halogenated alkanes) is 2.